The number of rotatable bonds is 4. The molecule has 0 bridgehead atoms. The molecule has 2 rings (SSSR count). The van der Waals surface area contributed by atoms with Gasteiger partial charge in [0, 0.05) is 24.7 Å². The molecule has 2 aromatic carbocycles. The molecule has 0 amide bonds. The molecule has 98 valence electrons. The fourth-order valence-corrected chi connectivity index (χ4v) is 4.00. The molecule has 0 fully saturated rings. The van der Waals surface area contributed by atoms with Crippen LogP contribution in [-0.4, -0.2) is 12.1 Å². The van der Waals surface area contributed by atoms with Gasteiger partial charge in [-0.15, -0.1) is 11.8 Å². The van der Waals surface area contributed by atoms with Crippen LogP contribution >= 0.6 is 39.5 Å². The average Bonchev–Trinajstić information content (AvgIpc) is 2.38. The lowest BCUT2D eigenvalue weighted by molar-refractivity contribution is 1.25. The smallest absolute Gasteiger partial charge is 0.125 e. The second-order valence-electron chi connectivity index (χ2n) is 3.81. The van der Waals surface area contributed by atoms with Crippen molar-refractivity contribution >= 4 is 45.3 Å². The van der Waals surface area contributed by atoms with Gasteiger partial charge in [-0.05, 0) is 36.6 Å². The molecular weight excluding hydrogens is 340 g/mol. The first kappa shape index (κ1) is 14.5. The maximum Gasteiger partial charge on any atom is 0.125 e. The second kappa shape index (κ2) is 6.50. The summed E-state index contributed by atoms with van der Waals surface area (Å²) in [5, 5.41) is 7.77. The van der Waals surface area contributed by atoms with Crippen molar-refractivity contribution in [3.05, 3.63) is 52.5 Å². The second-order valence-corrected chi connectivity index (χ2v) is 6.69. The molecule has 5 heteroatoms. The Hall–Kier alpha value is -0.910. The van der Waals surface area contributed by atoms with E-state index in [1.54, 1.807) is 23.5 Å². The number of hydrogen-bond donors (Lipinski definition) is 2. The highest BCUT2D eigenvalue weighted by molar-refractivity contribution is 9.10. The third-order valence-electron chi connectivity index (χ3n) is 2.50. The van der Waals surface area contributed by atoms with Gasteiger partial charge in [-0.1, -0.05) is 39.8 Å². The van der Waals surface area contributed by atoms with Crippen molar-refractivity contribution < 1.29 is 0 Å². The summed E-state index contributed by atoms with van der Waals surface area (Å²) >= 11 is 6.70. The van der Waals surface area contributed by atoms with Crippen LogP contribution in [0, 0.1) is 5.41 Å². The number of halogens is 1. The molecular formula is C14H13BrN2S2. The van der Waals surface area contributed by atoms with Crippen LogP contribution in [0.2, 0.25) is 0 Å². The molecule has 0 aliphatic carbocycles. The van der Waals surface area contributed by atoms with Crippen LogP contribution in [0.1, 0.15) is 5.56 Å². The summed E-state index contributed by atoms with van der Waals surface area (Å²) < 4.78 is 1.04. The fourth-order valence-electron chi connectivity index (χ4n) is 1.69. The first-order chi connectivity index (χ1) is 9.11. The van der Waals surface area contributed by atoms with Crippen LogP contribution in [0.5, 0.6) is 0 Å². The highest BCUT2D eigenvalue weighted by atomic mass is 79.9. The summed E-state index contributed by atoms with van der Waals surface area (Å²) in [5.74, 6) is 0.113. The van der Waals surface area contributed by atoms with Crippen molar-refractivity contribution in [1.29, 1.82) is 5.41 Å². The first-order valence-electron chi connectivity index (χ1n) is 5.56. The molecule has 0 heterocycles. The van der Waals surface area contributed by atoms with Gasteiger partial charge in [0.25, 0.3) is 0 Å². The molecule has 0 saturated carbocycles. The standard InChI is InChI=1S/C14H13BrN2S2/c1-18-11-6-3-7-12(13(11)14(16)17)19-10-5-2-4-9(15)8-10/h2-8H,1H3,(H3,16,17). The Morgan fingerprint density at radius 2 is 1.84 bits per heavy atom. The van der Waals surface area contributed by atoms with E-state index in [0.717, 1.165) is 24.7 Å². The molecule has 0 radical (unpaired) electrons. The molecule has 0 saturated heterocycles. The van der Waals surface area contributed by atoms with E-state index in [1.165, 1.54) is 0 Å². The summed E-state index contributed by atoms with van der Waals surface area (Å²) in [6.45, 7) is 0. The topological polar surface area (TPSA) is 49.9 Å². The Kier molecular flexibility index (Phi) is 4.96. The maximum atomic E-state index is 7.77. The van der Waals surface area contributed by atoms with Crippen LogP contribution in [0.15, 0.2) is 61.6 Å². The van der Waals surface area contributed by atoms with Gasteiger partial charge < -0.3 is 5.73 Å². The molecule has 19 heavy (non-hydrogen) atoms. The Morgan fingerprint density at radius 1 is 1.16 bits per heavy atom. The Labute approximate surface area is 129 Å². The van der Waals surface area contributed by atoms with E-state index >= 15 is 0 Å². The Morgan fingerprint density at radius 3 is 2.47 bits per heavy atom. The van der Waals surface area contributed by atoms with Gasteiger partial charge in [0.15, 0.2) is 0 Å². The van der Waals surface area contributed by atoms with Gasteiger partial charge in [-0.2, -0.15) is 0 Å². The summed E-state index contributed by atoms with van der Waals surface area (Å²) in [4.78, 5) is 3.17. The predicted molar refractivity (Wildman–Crippen MR) is 87.5 cm³/mol. The van der Waals surface area contributed by atoms with E-state index in [1.807, 2.05) is 42.7 Å². The van der Waals surface area contributed by atoms with E-state index < -0.39 is 0 Å². The molecule has 0 aromatic heterocycles. The van der Waals surface area contributed by atoms with Crippen molar-refractivity contribution in [2.75, 3.05) is 6.26 Å². The third kappa shape index (κ3) is 3.55. The van der Waals surface area contributed by atoms with Gasteiger partial charge in [-0.25, -0.2) is 0 Å². The Balaban J connectivity index is 2.42. The molecule has 0 unspecified atom stereocenters. The minimum atomic E-state index is 0.113. The van der Waals surface area contributed by atoms with E-state index in [-0.39, 0.29) is 5.84 Å². The first-order valence-corrected chi connectivity index (χ1v) is 8.40. The van der Waals surface area contributed by atoms with Crippen LogP contribution in [0.25, 0.3) is 0 Å². The minimum absolute atomic E-state index is 0.113. The molecule has 3 N–H and O–H groups in total. The van der Waals surface area contributed by atoms with Crippen LogP contribution in [0.3, 0.4) is 0 Å². The summed E-state index contributed by atoms with van der Waals surface area (Å²) in [7, 11) is 0. The predicted octanol–water partition coefficient (Wildman–Crippen LogP) is 4.61. The molecule has 0 aliphatic heterocycles. The maximum absolute atomic E-state index is 7.77. The third-order valence-corrected chi connectivity index (χ3v) is 4.82. The van der Waals surface area contributed by atoms with Crippen molar-refractivity contribution in [2.24, 2.45) is 5.73 Å². The van der Waals surface area contributed by atoms with Crippen molar-refractivity contribution in [3.8, 4) is 0 Å². The number of nitrogen functional groups attached to an aromatic ring is 1. The highest BCUT2D eigenvalue weighted by Gasteiger charge is 2.11. The van der Waals surface area contributed by atoms with Gasteiger partial charge in [0.1, 0.15) is 5.84 Å². The largest absolute Gasteiger partial charge is 0.384 e. The van der Waals surface area contributed by atoms with Gasteiger partial charge in [0.05, 0.1) is 0 Å². The summed E-state index contributed by atoms with van der Waals surface area (Å²) in [6.07, 6.45) is 2.00. The average molecular weight is 353 g/mol. The zero-order chi connectivity index (χ0) is 13.8. The minimum Gasteiger partial charge on any atom is -0.384 e. The Bertz CT molecular complexity index is 614. The molecule has 2 aromatic rings. The number of benzene rings is 2. The van der Waals surface area contributed by atoms with Crippen molar-refractivity contribution in [3.63, 3.8) is 0 Å². The quantitative estimate of drug-likeness (QED) is 0.480. The fraction of sp³-hybridized carbons (Fsp3) is 0.0714. The van der Waals surface area contributed by atoms with Crippen LogP contribution < -0.4 is 5.73 Å². The SMILES string of the molecule is CSc1cccc(Sc2cccc(Br)c2)c1C(=N)N. The number of nitrogens with two attached hydrogens (primary N) is 1. The number of nitrogens with one attached hydrogen (secondary N) is 1. The van der Waals surface area contributed by atoms with Gasteiger partial charge in [-0.3, -0.25) is 5.41 Å². The molecule has 0 atom stereocenters. The molecule has 0 aliphatic rings. The van der Waals surface area contributed by atoms with E-state index in [0.29, 0.717) is 0 Å². The lowest BCUT2D eigenvalue weighted by Gasteiger charge is -2.12. The van der Waals surface area contributed by atoms with E-state index in [2.05, 4.69) is 22.0 Å². The highest BCUT2D eigenvalue weighted by Crippen LogP contribution is 2.35. The van der Waals surface area contributed by atoms with Crippen LogP contribution in [-0.2, 0) is 0 Å². The summed E-state index contributed by atoms with van der Waals surface area (Å²) in [6, 6.07) is 14.1. The van der Waals surface area contributed by atoms with Crippen LogP contribution in [0.4, 0.5) is 0 Å². The summed E-state index contributed by atoms with van der Waals surface area (Å²) in [5.41, 5.74) is 6.54. The lowest BCUT2D eigenvalue weighted by Crippen LogP contribution is -2.13. The molecule has 0 spiro atoms. The zero-order valence-corrected chi connectivity index (χ0v) is 13.5. The normalized spacial score (nSPS) is 10.4. The zero-order valence-electron chi connectivity index (χ0n) is 10.3. The van der Waals surface area contributed by atoms with E-state index in [4.69, 9.17) is 11.1 Å². The molecule has 2 nitrogen and oxygen atoms in total. The number of thioether (sulfide) groups is 1. The van der Waals surface area contributed by atoms with Gasteiger partial charge in [0.2, 0.25) is 0 Å². The van der Waals surface area contributed by atoms with Crippen molar-refractivity contribution in [1.82, 2.24) is 0 Å². The van der Waals surface area contributed by atoms with Gasteiger partial charge >= 0.3 is 0 Å². The number of amidine groups is 1. The van der Waals surface area contributed by atoms with E-state index in [9.17, 15) is 0 Å². The lowest BCUT2D eigenvalue weighted by atomic mass is 10.2. The van der Waals surface area contributed by atoms with Crippen molar-refractivity contribution in [2.45, 2.75) is 14.7 Å². The number of hydrogen-bond acceptors (Lipinski definition) is 3. The monoisotopic (exact) mass is 352 g/mol.